The molecule has 0 aromatic heterocycles. The van der Waals surface area contributed by atoms with Crippen molar-refractivity contribution in [2.45, 2.75) is 58.4 Å². The molecule has 2 unspecified atom stereocenters. The van der Waals surface area contributed by atoms with E-state index in [9.17, 15) is 14.4 Å². The zero-order valence-electron chi connectivity index (χ0n) is 16.2. The fourth-order valence-electron chi connectivity index (χ4n) is 3.26. The molecule has 1 aliphatic rings. The molecule has 1 amide bonds. The second-order valence-electron chi connectivity index (χ2n) is 6.98. The number of benzene rings is 1. The average Bonchev–Trinajstić information content (AvgIpc) is 2.67. The van der Waals surface area contributed by atoms with Crippen LogP contribution in [0.2, 0.25) is 0 Å². The third-order valence-corrected chi connectivity index (χ3v) is 4.87. The summed E-state index contributed by atoms with van der Waals surface area (Å²) in [7, 11) is 0. The molecule has 27 heavy (non-hydrogen) atoms. The van der Waals surface area contributed by atoms with E-state index in [4.69, 9.17) is 9.47 Å². The summed E-state index contributed by atoms with van der Waals surface area (Å²) in [6.07, 6.45) is 4.40. The van der Waals surface area contributed by atoms with Crippen molar-refractivity contribution in [3.05, 3.63) is 29.8 Å². The number of carbonyl (C=O) groups excluding carboxylic acids is 3. The lowest BCUT2D eigenvalue weighted by atomic mass is 9.86. The predicted octanol–water partition coefficient (Wildman–Crippen LogP) is 3.29. The maximum atomic E-state index is 12.1. The Balaban J connectivity index is 1.67. The van der Waals surface area contributed by atoms with Gasteiger partial charge >= 0.3 is 5.97 Å². The Morgan fingerprint density at radius 3 is 2.44 bits per heavy atom. The zero-order valence-corrected chi connectivity index (χ0v) is 16.2. The van der Waals surface area contributed by atoms with E-state index in [0.717, 1.165) is 19.3 Å². The fourth-order valence-corrected chi connectivity index (χ4v) is 3.26. The number of nitrogens with one attached hydrogen (secondary N) is 1. The quantitative estimate of drug-likeness (QED) is 0.529. The highest BCUT2D eigenvalue weighted by atomic mass is 16.5. The molecule has 1 aliphatic carbocycles. The lowest BCUT2D eigenvalue weighted by Gasteiger charge is -2.29. The van der Waals surface area contributed by atoms with E-state index in [1.807, 2.05) is 6.92 Å². The van der Waals surface area contributed by atoms with Gasteiger partial charge in [0.05, 0.1) is 13.0 Å². The molecule has 1 aromatic carbocycles. The van der Waals surface area contributed by atoms with Gasteiger partial charge in [-0.3, -0.25) is 14.4 Å². The minimum absolute atomic E-state index is 0.0425. The average molecular weight is 375 g/mol. The SMILES string of the molecule is CCOc1ccc(C(=O)CCC(=O)OCC(=O)NC2CCCCC2C)cc1. The second kappa shape index (κ2) is 10.7. The number of hydrogen-bond donors (Lipinski definition) is 1. The van der Waals surface area contributed by atoms with Gasteiger partial charge in [-0.25, -0.2) is 0 Å². The largest absolute Gasteiger partial charge is 0.494 e. The van der Waals surface area contributed by atoms with E-state index in [2.05, 4.69) is 12.2 Å². The van der Waals surface area contributed by atoms with E-state index in [1.165, 1.54) is 6.42 Å². The summed E-state index contributed by atoms with van der Waals surface area (Å²) in [5.74, 6) is 0.188. The van der Waals surface area contributed by atoms with Gasteiger partial charge in [-0.05, 0) is 49.9 Å². The summed E-state index contributed by atoms with van der Waals surface area (Å²) in [5, 5.41) is 2.94. The summed E-state index contributed by atoms with van der Waals surface area (Å²) in [6.45, 7) is 4.29. The Kier molecular flexibility index (Phi) is 8.30. The molecule has 6 heteroatoms. The molecule has 1 N–H and O–H groups in total. The van der Waals surface area contributed by atoms with Crippen LogP contribution in [-0.2, 0) is 14.3 Å². The monoisotopic (exact) mass is 375 g/mol. The van der Waals surface area contributed by atoms with Crippen molar-refractivity contribution in [1.82, 2.24) is 5.32 Å². The highest BCUT2D eigenvalue weighted by Crippen LogP contribution is 2.23. The first-order chi connectivity index (χ1) is 13.0. The van der Waals surface area contributed by atoms with Crippen molar-refractivity contribution < 1.29 is 23.9 Å². The van der Waals surface area contributed by atoms with E-state index < -0.39 is 5.97 Å². The van der Waals surface area contributed by atoms with Crippen molar-refractivity contribution in [2.75, 3.05) is 13.2 Å². The number of ether oxygens (including phenoxy) is 2. The van der Waals surface area contributed by atoms with Gasteiger partial charge < -0.3 is 14.8 Å². The summed E-state index contributed by atoms with van der Waals surface area (Å²) in [4.78, 5) is 35.9. The number of rotatable bonds is 9. The van der Waals surface area contributed by atoms with E-state index >= 15 is 0 Å². The third-order valence-electron chi connectivity index (χ3n) is 4.87. The first kappa shape index (κ1) is 20.9. The van der Waals surface area contributed by atoms with Gasteiger partial charge in [-0.2, -0.15) is 0 Å². The molecule has 0 saturated heterocycles. The predicted molar refractivity (Wildman–Crippen MR) is 102 cm³/mol. The summed E-state index contributed by atoms with van der Waals surface area (Å²) < 4.78 is 10.3. The summed E-state index contributed by atoms with van der Waals surface area (Å²) in [5.41, 5.74) is 0.523. The highest BCUT2D eigenvalue weighted by molar-refractivity contribution is 5.97. The molecule has 2 rings (SSSR count). The highest BCUT2D eigenvalue weighted by Gasteiger charge is 2.23. The van der Waals surface area contributed by atoms with Crippen LogP contribution in [0.15, 0.2) is 24.3 Å². The van der Waals surface area contributed by atoms with Gasteiger partial charge in [0, 0.05) is 18.0 Å². The second-order valence-corrected chi connectivity index (χ2v) is 6.98. The van der Waals surface area contributed by atoms with E-state index in [1.54, 1.807) is 24.3 Å². The zero-order chi connectivity index (χ0) is 19.6. The molecule has 0 heterocycles. The smallest absolute Gasteiger partial charge is 0.306 e. The van der Waals surface area contributed by atoms with Gasteiger partial charge in [0.1, 0.15) is 5.75 Å². The Bertz CT molecular complexity index is 640. The van der Waals surface area contributed by atoms with Crippen LogP contribution in [0.4, 0.5) is 0 Å². The fraction of sp³-hybridized carbons (Fsp3) is 0.571. The molecule has 6 nitrogen and oxygen atoms in total. The number of hydrogen-bond acceptors (Lipinski definition) is 5. The van der Waals surface area contributed by atoms with Crippen molar-refractivity contribution in [3.63, 3.8) is 0 Å². The molecule has 1 fully saturated rings. The maximum Gasteiger partial charge on any atom is 0.306 e. The lowest BCUT2D eigenvalue weighted by molar-refractivity contribution is -0.148. The molecule has 2 atom stereocenters. The third kappa shape index (κ3) is 7.04. The van der Waals surface area contributed by atoms with Gasteiger partial charge in [0.25, 0.3) is 5.91 Å². The Morgan fingerprint density at radius 1 is 1.07 bits per heavy atom. The van der Waals surface area contributed by atoms with Crippen LogP contribution in [-0.4, -0.2) is 36.9 Å². The van der Waals surface area contributed by atoms with Gasteiger partial charge in [-0.1, -0.05) is 19.8 Å². The Hall–Kier alpha value is -2.37. The normalized spacial score (nSPS) is 19.2. The van der Waals surface area contributed by atoms with Gasteiger partial charge in [-0.15, -0.1) is 0 Å². The number of Topliss-reactive ketones (excluding diaryl/α,β-unsaturated/α-hetero) is 1. The van der Waals surface area contributed by atoms with Crippen molar-refractivity contribution in [2.24, 2.45) is 5.92 Å². The molecule has 1 aromatic rings. The molecule has 0 radical (unpaired) electrons. The van der Waals surface area contributed by atoms with E-state index in [-0.39, 0.29) is 37.2 Å². The molecule has 148 valence electrons. The minimum Gasteiger partial charge on any atom is -0.494 e. The van der Waals surface area contributed by atoms with Crippen LogP contribution in [0.1, 0.15) is 62.7 Å². The number of amides is 1. The van der Waals surface area contributed by atoms with Crippen molar-refractivity contribution in [1.29, 1.82) is 0 Å². The van der Waals surface area contributed by atoms with Crippen LogP contribution in [0.25, 0.3) is 0 Å². The summed E-state index contributed by atoms with van der Waals surface area (Å²) >= 11 is 0. The summed E-state index contributed by atoms with van der Waals surface area (Å²) in [6, 6.07) is 6.97. The van der Waals surface area contributed by atoms with Crippen LogP contribution in [0, 0.1) is 5.92 Å². The minimum atomic E-state index is -0.541. The Morgan fingerprint density at radius 2 is 1.78 bits per heavy atom. The lowest BCUT2D eigenvalue weighted by Crippen LogP contribution is -2.42. The topological polar surface area (TPSA) is 81.7 Å². The first-order valence-electron chi connectivity index (χ1n) is 9.70. The van der Waals surface area contributed by atoms with Crippen LogP contribution in [0.5, 0.6) is 5.75 Å². The molecule has 0 bridgehead atoms. The Labute approximate surface area is 160 Å². The number of carbonyl (C=O) groups is 3. The standard InChI is InChI=1S/C21H29NO5/c1-3-26-17-10-8-16(9-11-17)19(23)12-13-21(25)27-14-20(24)22-18-7-5-4-6-15(18)2/h8-11,15,18H,3-7,12-14H2,1-2H3,(H,22,24). The molecule has 0 aliphatic heterocycles. The van der Waals surface area contributed by atoms with Crippen LogP contribution in [0.3, 0.4) is 0 Å². The first-order valence-corrected chi connectivity index (χ1v) is 9.70. The van der Waals surface area contributed by atoms with Crippen molar-refractivity contribution >= 4 is 17.7 Å². The number of esters is 1. The van der Waals surface area contributed by atoms with Crippen molar-refractivity contribution in [3.8, 4) is 5.75 Å². The van der Waals surface area contributed by atoms with Crippen LogP contribution >= 0.6 is 0 Å². The molecular formula is C21H29NO5. The van der Waals surface area contributed by atoms with Gasteiger partial charge in [0.2, 0.25) is 0 Å². The molecule has 0 spiro atoms. The maximum absolute atomic E-state index is 12.1. The van der Waals surface area contributed by atoms with Crippen LogP contribution < -0.4 is 10.1 Å². The molecule has 1 saturated carbocycles. The number of ketones is 1. The van der Waals surface area contributed by atoms with E-state index in [0.29, 0.717) is 23.8 Å². The van der Waals surface area contributed by atoms with Gasteiger partial charge in [0.15, 0.2) is 12.4 Å². The molecular weight excluding hydrogens is 346 g/mol.